The monoisotopic (exact) mass is 240 g/mol. The zero-order valence-electron chi connectivity index (χ0n) is 9.00. The van der Waals surface area contributed by atoms with Crippen molar-refractivity contribution in [1.29, 1.82) is 0 Å². The van der Waals surface area contributed by atoms with Crippen molar-refractivity contribution >= 4 is 22.6 Å². The fourth-order valence-electron chi connectivity index (χ4n) is 1.43. The number of hydrogen-bond acceptors (Lipinski definition) is 3. The zero-order valence-corrected chi connectivity index (χ0v) is 9.75. The predicted molar refractivity (Wildman–Crippen MR) is 62.6 cm³/mol. The second-order valence-electron chi connectivity index (χ2n) is 3.36. The van der Waals surface area contributed by atoms with Gasteiger partial charge in [0.05, 0.1) is 23.8 Å². The molecule has 0 aliphatic carbocycles. The minimum absolute atomic E-state index is 0.439. The number of aromatic amines is 1. The third-order valence-corrected chi connectivity index (χ3v) is 2.49. The van der Waals surface area contributed by atoms with Gasteiger partial charge in [0.1, 0.15) is 17.9 Å². The highest BCUT2D eigenvalue weighted by Crippen LogP contribution is 2.20. The Morgan fingerprint density at radius 2 is 2.25 bits per heavy atom. The maximum Gasteiger partial charge on any atom is 0.133 e. The van der Waals surface area contributed by atoms with Crippen LogP contribution in [0.4, 0.5) is 0 Å². The summed E-state index contributed by atoms with van der Waals surface area (Å²) in [6, 6.07) is 5.64. The Bertz CT molecular complexity index is 470. The highest BCUT2D eigenvalue weighted by molar-refractivity contribution is 6.34. The summed E-state index contributed by atoms with van der Waals surface area (Å²) in [6.45, 7) is 1.58. The molecule has 86 valence electrons. The molecule has 0 saturated carbocycles. The van der Waals surface area contributed by atoms with Crippen molar-refractivity contribution in [3.05, 3.63) is 29.0 Å². The standard InChI is InChI=1S/C11H13ClN2O2/c1-15-5-6-16-7-10-13-9-4-2-3-8(12)11(9)14-10/h2-4H,5-7H2,1H3,(H,13,14). The van der Waals surface area contributed by atoms with Gasteiger partial charge >= 0.3 is 0 Å². The van der Waals surface area contributed by atoms with Gasteiger partial charge in [-0.1, -0.05) is 17.7 Å². The number of imidazole rings is 1. The first-order valence-electron chi connectivity index (χ1n) is 5.01. The van der Waals surface area contributed by atoms with Gasteiger partial charge in [0, 0.05) is 7.11 Å². The first kappa shape index (κ1) is 11.4. The van der Waals surface area contributed by atoms with Gasteiger partial charge < -0.3 is 14.5 Å². The lowest BCUT2D eigenvalue weighted by atomic mass is 10.3. The lowest BCUT2D eigenvalue weighted by Gasteiger charge is -1.99. The molecule has 0 aliphatic heterocycles. The molecule has 5 heteroatoms. The van der Waals surface area contributed by atoms with Crippen molar-refractivity contribution in [1.82, 2.24) is 9.97 Å². The summed E-state index contributed by atoms with van der Waals surface area (Å²) >= 11 is 6.01. The normalized spacial score (nSPS) is 11.1. The summed E-state index contributed by atoms with van der Waals surface area (Å²) in [5.74, 6) is 0.777. The summed E-state index contributed by atoms with van der Waals surface area (Å²) in [5.41, 5.74) is 1.72. The van der Waals surface area contributed by atoms with Crippen LogP contribution in [-0.2, 0) is 16.1 Å². The molecule has 1 N–H and O–H groups in total. The second-order valence-corrected chi connectivity index (χ2v) is 3.77. The number of nitrogens with one attached hydrogen (secondary N) is 1. The molecule has 0 aliphatic rings. The van der Waals surface area contributed by atoms with Crippen LogP contribution in [0.1, 0.15) is 5.82 Å². The number of aromatic nitrogens is 2. The van der Waals surface area contributed by atoms with Crippen LogP contribution in [0.15, 0.2) is 18.2 Å². The molecule has 2 rings (SSSR count). The summed E-state index contributed by atoms with van der Waals surface area (Å²) in [7, 11) is 1.64. The van der Waals surface area contributed by atoms with Crippen LogP contribution in [0.3, 0.4) is 0 Å². The molecule has 0 spiro atoms. The van der Waals surface area contributed by atoms with E-state index in [-0.39, 0.29) is 0 Å². The van der Waals surface area contributed by atoms with Crippen molar-refractivity contribution in [2.45, 2.75) is 6.61 Å². The van der Waals surface area contributed by atoms with Crippen molar-refractivity contribution in [2.24, 2.45) is 0 Å². The molecule has 0 radical (unpaired) electrons. The van der Waals surface area contributed by atoms with E-state index in [1.165, 1.54) is 0 Å². The van der Waals surface area contributed by atoms with Gasteiger partial charge in [-0.3, -0.25) is 0 Å². The quantitative estimate of drug-likeness (QED) is 0.817. The molecule has 4 nitrogen and oxygen atoms in total. The molecule has 2 aromatic rings. The van der Waals surface area contributed by atoms with Crippen LogP contribution in [0, 0.1) is 0 Å². The maximum absolute atomic E-state index is 6.01. The molecule has 0 unspecified atom stereocenters. The van der Waals surface area contributed by atoms with Crippen molar-refractivity contribution < 1.29 is 9.47 Å². The van der Waals surface area contributed by atoms with E-state index in [0.29, 0.717) is 24.8 Å². The van der Waals surface area contributed by atoms with E-state index < -0.39 is 0 Å². The van der Waals surface area contributed by atoms with Gasteiger partial charge in [-0.2, -0.15) is 0 Å². The number of methoxy groups -OCH3 is 1. The first-order valence-corrected chi connectivity index (χ1v) is 5.39. The Hall–Kier alpha value is -1.10. The summed E-state index contributed by atoms with van der Waals surface area (Å²) in [6.07, 6.45) is 0. The number of nitrogens with zero attached hydrogens (tertiary/aromatic N) is 1. The molecule has 0 atom stereocenters. The van der Waals surface area contributed by atoms with Crippen LogP contribution in [-0.4, -0.2) is 30.3 Å². The highest BCUT2D eigenvalue weighted by Gasteiger charge is 2.05. The van der Waals surface area contributed by atoms with Crippen LogP contribution >= 0.6 is 11.6 Å². The van der Waals surface area contributed by atoms with Gasteiger partial charge in [-0.05, 0) is 12.1 Å². The Labute approximate surface area is 98.5 Å². The Kier molecular flexibility index (Phi) is 3.77. The number of hydrogen-bond donors (Lipinski definition) is 1. The molecule has 0 amide bonds. The van der Waals surface area contributed by atoms with Gasteiger partial charge in [-0.25, -0.2) is 4.98 Å². The summed E-state index contributed by atoms with van der Waals surface area (Å²) in [5, 5.41) is 0.650. The van der Waals surface area contributed by atoms with E-state index >= 15 is 0 Å². The van der Waals surface area contributed by atoms with Crippen LogP contribution in [0.5, 0.6) is 0 Å². The van der Waals surface area contributed by atoms with Gasteiger partial charge in [0.2, 0.25) is 0 Å². The average Bonchev–Trinajstić information content (AvgIpc) is 2.69. The number of rotatable bonds is 5. The molecule has 1 aromatic heterocycles. The summed E-state index contributed by atoms with van der Waals surface area (Å²) in [4.78, 5) is 7.51. The Morgan fingerprint density at radius 3 is 3.00 bits per heavy atom. The molecule has 1 heterocycles. The third-order valence-electron chi connectivity index (χ3n) is 2.18. The Balaban J connectivity index is 2.05. The SMILES string of the molecule is COCCOCc1nc2c(Cl)cccc2[nH]1. The highest BCUT2D eigenvalue weighted by atomic mass is 35.5. The lowest BCUT2D eigenvalue weighted by Crippen LogP contribution is -2.02. The van der Waals surface area contributed by atoms with E-state index in [9.17, 15) is 0 Å². The van der Waals surface area contributed by atoms with Gasteiger partial charge in [0.15, 0.2) is 0 Å². The van der Waals surface area contributed by atoms with Gasteiger partial charge in [-0.15, -0.1) is 0 Å². The van der Waals surface area contributed by atoms with Crippen LogP contribution in [0.25, 0.3) is 11.0 Å². The fourth-order valence-corrected chi connectivity index (χ4v) is 1.64. The molecule has 0 saturated heterocycles. The van der Waals surface area contributed by atoms with E-state index in [2.05, 4.69) is 9.97 Å². The predicted octanol–water partition coefficient (Wildman–Crippen LogP) is 2.38. The van der Waals surface area contributed by atoms with Crippen molar-refractivity contribution in [3.63, 3.8) is 0 Å². The molecule has 16 heavy (non-hydrogen) atoms. The molecular weight excluding hydrogens is 228 g/mol. The molecule has 0 bridgehead atoms. The number of halogens is 1. The lowest BCUT2D eigenvalue weighted by molar-refractivity contribution is 0.0590. The van der Waals surface area contributed by atoms with E-state index in [1.807, 2.05) is 18.2 Å². The molecular formula is C11H13ClN2O2. The maximum atomic E-state index is 6.01. The molecule has 0 fully saturated rings. The van der Waals surface area contributed by atoms with E-state index in [4.69, 9.17) is 21.1 Å². The first-order chi connectivity index (χ1) is 7.81. The number of para-hydroxylation sites is 1. The number of H-pyrrole nitrogens is 1. The largest absolute Gasteiger partial charge is 0.382 e. The summed E-state index contributed by atoms with van der Waals surface area (Å²) < 4.78 is 10.2. The van der Waals surface area contributed by atoms with Crippen LogP contribution < -0.4 is 0 Å². The minimum atomic E-state index is 0.439. The van der Waals surface area contributed by atoms with Crippen molar-refractivity contribution in [3.8, 4) is 0 Å². The smallest absolute Gasteiger partial charge is 0.133 e. The topological polar surface area (TPSA) is 47.1 Å². The third kappa shape index (κ3) is 2.52. The van der Waals surface area contributed by atoms with E-state index in [0.717, 1.165) is 16.9 Å². The number of benzene rings is 1. The zero-order chi connectivity index (χ0) is 11.4. The van der Waals surface area contributed by atoms with Gasteiger partial charge in [0.25, 0.3) is 0 Å². The van der Waals surface area contributed by atoms with Crippen molar-refractivity contribution in [2.75, 3.05) is 20.3 Å². The number of fused-ring (bicyclic) bond motifs is 1. The molecule has 1 aromatic carbocycles. The fraction of sp³-hybridized carbons (Fsp3) is 0.364. The van der Waals surface area contributed by atoms with E-state index in [1.54, 1.807) is 7.11 Å². The second kappa shape index (κ2) is 5.30. The number of ether oxygens (including phenoxy) is 2. The minimum Gasteiger partial charge on any atom is -0.382 e. The average molecular weight is 241 g/mol. The van der Waals surface area contributed by atoms with Crippen LogP contribution in [0.2, 0.25) is 5.02 Å². The Morgan fingerprint density at radius 1 is 1.38 bits per heavy atom.